The molecule has 0 radical (unpaired) electrons. The fourth-order valence-electron chi connectivity index (χ4n) is 1.68. The Morgan fingerprint density at radius 2 is 1.81 bits per heavy atom. The second-order valence-corrected chi connectivity index (χ2v) is 5.87. The largest absolute Gasteiger partial charge is 0.506 e. The fraction of sp³-hybridized carbons (Fsp3) is 0.400. The standard InChI is InChI=1S/C10H12I2N2O.ClH/c11-7-3-6(4-8(12)10(7)15)9-5-13-1-2-14-9;/h3-4,9,13-15H,1-2,5H2;1H/t9-;/m1./s1. The average Bonchev–Trinajstić information content (AvgIpc) is 2.26. The van der Waals surface area contributed by atoms with Crippen molar-refractivity contribution < 1.29 is 5.11 Å². The predicted molar refractivity (Wildman–Crippen MR) is 84.4 cm³/mol. The van der Waals surface area contributed by atoms with Gasteiger partial charge in [-0.2, -0.15) is 0 Å². The summed E-state index contributed by atoms with van der Waals surface area (Å²) in [5, 5.41) is 16.5. The Labute approximate surface area is 128 Å². The maximum atomic E-state index is 9.68. The monoisotopic (exact) mass is 466 g/mol. The van der Waals surface area contributed by atoms with Gasteiger partial charge in [-0.1, -0.05) is 0 Å². The molecular formula is C10H13ClI2N2O. The van der Waals surface area contributed by atoms with Crippen molar-refractivity contribution in [3.8, 4) is 5.75 Å². The van der Waals surface area contributed by atoms with Gasteiger partial charge in [-0.3, -0.25) is 0 Å². The van der Waals surface area contributed by atoms with Crippen LogP contribution in [0.25, 0.3) is 0 Å². The topological polar surface area (TPSA) is 44.3 Å². The lowest BCUT2D eigenvalue weighted by Crippen LogP contribution is -2.42. The Hall–Kier alpha value is 0.690. The van der Waals surface area contributed by atoms with E-state index in [9.17, 15) is 5.11 Å². The van der Waals surface area contributed by atoms with Crippen LogP contribution in [0.4, 0.5) is 0 Å². The summed E-state index contributed by atoms with van der Waals surface area (Å²) < 4.78 is 1.84. The first kappa shape index (κ1) is 14.7. The quantitative estimate of drug-likeness (QED) is 0.557. The number of aromatic hydroxyl groups is 1. The Morgan fingerprint density at radius 1 is 1.19 bits per heavy atom. The van der Waals surface area contributed by atoms with Gasteiger partial charge in [0, 0.05) is 25.7 Å². The average molecular weight is 466 g/mol. The molecule has 0 bridgehead atoms. The van der Waals surface area contributed by atoms with Crippen LogP contribution in [0.15, 0.2) is 12.1 Å². The molecule has 2 rings (SSSR count). The molecule has 1 heterocycles. The number of phenols is 1. The van der Waals surface area contributed by atoms with E-state index in [0.29, 0.717) is 11.8 Å². The van der Waals surface area contributed by atoms with E-state index in [1.165, 1.54) is 5.56 Å². The van der Waals surface area contributed by atoms with E-state index in [4.69, 9.17) is 0 Å². The molecule has 0 aromatic heterocycles. The molecule has 1 aromatic carbocycles. The highest BCUT2D eigenvalue weighted by atomic mass is 127. The Balaban J connectivity index is 0.00000128. The lowest BCUT2D eigenvalue weighted by molar-refractivity contribution is 0.428. The third kappa shape index (κ3) is 3.34. The van der Waals surface area contributed by atoms with Gasteiger partial charge in [-0.15, -0.1) is 12.4 Å². The van der Waals surface area contributed by atoms with Crippen molar-refractivity contribution >= 4 is 57.6 Å². The normalized spacial score (nSPS) is 20.2. The summed E-state index contributed by atoms with van der Waals surface area (Å²) in [6.07, 6.45) is 0. The van der Waals surface area contributed by atoms with Gasteiger partial charge in [0.25, 0.3) is 0 Å². The van der Waals surface area contributed by atoms with E-state index in [1.807, 2.05) is 12.1 Å². The van der Waals surface area contributed by atoms with Gasteiger partial charge in [0.05, 0.1) is 7.14 Å². The first-order valence-electron chi connectivity index (χ1n) is 4.80. The molecule has 0 spiro atoms. The maximum Gasteiger partial charge on any atom is 0.142 e. The molecule has 0 amide bonds. The van der Waals surface area contributed by atoms with Gasteiger partial charge in [0.2, 0.25) is 0 Å². The Morgan fingerprint density at radius 3 is 2.31 bits per heavy atom. The third-order valence-corrected chi connectivity index (χ3v) is 4.13. The summed E-state index contributed by atoms with van der Waals surface area (Å²) in [4.78, 5) is 0. The third-order valence-electron chi connectivity index (χ3n) is 2.48. The van der Waals surface area contributed by atoms with E-state index in [1.54, 1.807) is 0 Å². The van der Waals surface area contributed by atoms with Crippen LogP contribution in [0, 0.1) is 7.14 Å². The van der Waals surface area contributed by atoms with Crippen molar-refractivity contribution in [3.63, 3.8) is 0 Å². The fourth-order valence-corrected chi connectivity index (χ4v) is 3.49. The zero-order chi connectivity index (χ0) is 10.8. The van der Waals surface area contributed by atoms with Gasteiger partial charge in [-0.25, -0.2) is 0 Å². The lowest BCUT2D eigenvalue weighted by atomic mass is 10.1. The van der Waals surface area contributed by atoms with E-state index in [2.05, 4.69) is 55.8 Å². The molecule has 90 valence electrons. The van der Waals surface area contributed by atoms with E-state index in [-0.39, 0.29) is 12.4 Å². The second-order valence-electron chi connectivity index (χ2n) is 3.54. The molecule has 0 saturated carbocycles. The van der Waals surface area contributed by atoms with Crippen molar-refractivity contribution in [1.29, 1.82) is 0 Å². The number of halogens is 3. The van der Waals surface area contributed by atoms with Crippen LogP contribution in [-0.2, 0) is 0 Å². The van der Waals surface area contributed by atoms with Crippen molar-refractivity contribution in [3.05, 3.63) is 24.8 Å². The first-order chi connectivity index (χ1) is 7.18. The summed E-state index contributed by atoms with van der Waals surface area (Å²) in [6, 6.07) is 4.45. The molecule has 3 N–H and O–H groups in total. The molecule has 1 aromatic rings. The molecular weight excluding hydrogens is 453 g/mol. The summed E-state index contributed by atoms with van der Waals surface area (Å²) >= 11 is 4.34. The minimum absolute atomic E-state index is 0. The number of piperazine rings is 1. The van der Waals surface area contributed by atoms with Crippen LogP contribution >= 0.6 is 57.6 Å². The number of benzene rings is 1. The molecule has 1 saturated heterocycles. The minimum atomic E-state index is 0. The Kier molecular flexibility index (Phi) is 6.06. The summed E-state index contributed by atoms with van der Waals surface area (Å²) in [5.74, 6) is 0.392. The van der Waals surface area contributed by atoms with Gasteiger partial charge in [0.15, 0.2) is 0 Å². The summed E-state index contributed by atoms with van der Waals surface area (Å²) in [5.41, 5.74) is 1.24. The van der Waals surface area contributed by atoms with Gasteiger partial charge in [-0.05, 0) is 62.9 Å². The number of nitrogens with one attached hydrogen (secondary N) is 2. The number of phenolic OH excluding ortho intramolecular Hbond substituents is 1. The highest BCUT2D eigenvalue weighted by molar-refractivity contribution is 14.1. The first-order valence-corrected chi connectivity index (χ1v) is 6.96. The molecule has 3 nitrogen and oxygen atoms in total. The molecule has 1 aliphatic heterocycles. The molecule has 0 unspecified atom stereocenters. The van der Waals surface area contributed by atoms with Crippen LogP contribution < -0.4 is 10.6 Å². The zero-order valence-corrected chi connectivity index (χ0v) is 13.6. The summed E-state index contributed by atoms with van der Waals surface area (Å²) in [6.45, 7) is 2.98. The van der Waals surface area contributed by atoms with E-state index >= 15 is 0 Å². The SMILES string of the molecule is Cl.Oc1c(I)cc([C@H]2CNCCN2)cc1I. The van der Waals surface area contributed by atoms with E-state index < -0.39 is 0 Å². The van der Waals surface area contributed by atoms with Crippen molar-refractivity contribution in [1.82, 2.24) is 10.6 Å². The molecule has 1 aliphatic rings. The molecule has 1 atom stereocenters. The highest BCUT2D eigenvalue weighted by Crippen LogP contribution is 2.29. The number of hydrogen-bond acceptors (Lipinski definition) is 3. The Bertz CT molecular complexity index is 347. The minimum Gasteiger partial charge on any atom is -0.506 e. The predicted octanol–water partition coefficient (Wildman–Crippen LogP) is 2.26. The smallest absolute Gasteiger partial charge is 0.142 e. The molecule has 0 aliphatic carbocycles. The maximum absolute atomic E-state index is 9.68. The highest BCUT2D eigenvalue weighted by Gasteiger charge is 2.16. The summed E-state index contributed by atoms with van der Waals surface area (Å²) in [7, 11) is 0. The zero-order valence-electron chi connectivity index (χ0n) is 8.46. The van der Waals surface area contributed by atoms with Crippen molar-refractivity contribution in [2.24, 2.45) is 0 Å². The van der Waals surface area contributed by atoms with Crippen LogP contribution in [0.5, 0.6) is 5.75 Å². The lowest BCUT2D eigenvalue weighted by Gasteiger charge is -2.25. The molecule has 6 heteroatoms. The van der Waals surface area contributed by atoms with Crippen LogP contribution in [0.1, 0.15) is 11.6 Å². The van der Waals surface area contributed by atoms with Crippen LogP contribution in [0.2, 0.25) is 0 Å². The number of hydrogen-bond donors (Lipinski definition) is 3. The number of rotatable bonds is 1. The second kappa shape index (κ2) is 6.58. The van der Waals surface area contributed by atoms with Gasteiger partial charge in [0.1, 0.15) is 5.75 Å². The van der Waals surface area contributed by atoms with Crippen molar-refractivity contribution in [2.45, 2.75) is 6.04 Å². The molecule has 1 fully saturated rings. The van der Waals surface area contributed by atoms with E-state index in [0.717, 1.165) is 26.8 Å². The van der Waals surface area contributed by atoms with Crippen LogP contribution in [-0.4, -0.2) is 24.7 Å². The van der Waals surface area contributed by atoms with Crippen LogP contribution in [0.3, 0.4) is 0 Å². The van der Waals surface area contributed by atoms with Gasteiger partial charge < -0.3 is 15.7 Å². The molecule has 16 heavy (non-hydrogen) atoms. The van der Waals surface area contributed by atoms with Crippen molar-refractivity contribution in [2.75, 3.05) is 19.6 Å². The van der Waals surface area contributed by atoms with Gasteiger partial charge >= 0.3 is 0 Å².